The summed E-state index contributed by atoms with van der Waals surface area (Å²) in [6, 6.07) is 4.46. The molecule has 0 spiro atoms. The largest absolute Gasteiger partial charge is 0.478 e. The summed E-state index contributed by atoms with van der Waals surface area (Å²) in [5, 5.41) is 8.64. The Morgan fingerprint density at radius 3 is 2.67 bits per heavy atom. The van der Waals surface area contributed by atoms with Gasteiger partial charge in [-0.15, -0.1) is 0 Å². The van der Waals surface area contributed by atoms with Crippen molar-refractivity contribution >= 4 is 17.3 Å². The van der Waals surface area contributed by atoms with Crippen LogP contribution in [0.3, 0.4) is 0 Å². The van der Waals surface area contributed by atoms with Gasteiger partial charge in [0.2, 0.25) is 0 Å². The van der Waals surface area contributed by atoms with E-state index in [4.69, 9.17) is 16.7 Å². The van der Waals surface area contributed by atoms with Gasteiger partial charge in [-0.05, 0) is 18.2 Å². The molecule has 0 aromatic heterocycles. The fourth-order valence-corrected chi connectivity index (χ4v) is 0.831. The molecule has 0 fully saturated rings. The molecule has 1 aromatic rings. The van der Waals surface area contributed by atoms with E-state index in [1.54, 1.807) is 6.07 Å². The predicted octanol–water partition coefficient (Wildman–Crippen LogP) is 0.253. The van der Waals surface area contributed by atoms with Crippen LogP contribution in [0.2, 0.25) is 0 Å². The molecule has 0 aliphatic rings. The van der Waals surface area contributed by atoms with Crippen LogP contribution in [0.15, 0.2) is 18.2 Å². The van der Waals surface area contributed by atoms with E-state index in [9.17, 15) is 4.79 Å². The Kier molecular flexibility index (Phi) is 2.16. The summed E-state index contributed by atoms with van der Waals surface area (Å²) >= 11 is 0. The number of hydrogen-bond acceptors (Lipinski definition) is 4. The molecule has 64 valence electrons. The molecule has 0 saturated heterocycles. The van der Waals surface area contributed by atoms with E-state index < -0.39 is 5.97 Å². The zero-order chi connectivity index (χ0) is 9.14. The van der Waals surface area contributed by atoms with Crippen molar-refractivity contribution in [3.05, 3.63) is 23.8 Å². The Bertz CT molecular complexity index is 312. The van der Waals surface area contributed by atoms with Gasteiger partial charge in [0.05, 0.1) is 5.56 Å². The smallest absolute Gasteiger partial charge is 0.337 e. The first-order valence-electron chi connectivity index (χ1n) is 3.24. The fourth-order valence-electron chi connectivity index (χ4n) is 0.831. The normalized spacial score (nSPS) is 9.42. The van der Waals surface area contributed by atoms with E-state index >= 15 is 0 Å². The van der Waals surface area contributed by atoms with Crippen LogP contribution in [-0.2, 0) is 0 Å². The molecule has 0 amide bonds. The monoisotopic (exact) mass is 167 g/mol. The van der Waals surface area contributed by atoms with Crippen molar-refractivity contribution in [3.8, 4) is 0 Å². The van der Waals surface area contributed by atoms with E-state index in [2.05, 4.69) is 5.43 Å². The highest BCUT2D eigenvalue weighted by atomic mass is 16.4. The molecule has 0 saturated carbocycles. The van der Waals surface area contributed by atoms with Crippen LogP contribution in [0.25, 0.3) is 0 Å². The molecular weight excluding hydrogens is 158 g/mol. The SMILES string of the molecule is NNc1ccc(N)c(C(=O)O)c1. The third kappa shape index (κ3) is 1.46. The summed E-state index contributed by atoms with van der Waals surface area (Å²) in [5.41, 5.74) is 8.51. The number of nitrogen functional groups attached to an aromatic ring is 2. The van der Waals surface area contributed by atoms with Gasteiger partial charge in [0.25, 0.3) is 0 Å². The Morgan fingerprint density at radius 2 is 2.17 bits per heavy atom. The highest BCUT2D eigenvalue weighted by Gasteiger charge is 2.07. The first kappa shape index (κ1) is 8.35. The van der Waals surface area contributed by atoms with Gasteiger partial charge in [0.1, 0.15) is 0 Å². The molecule has 0 unspecified atom stereocenters. The summed E-state index contributed by atoms with van der Waals surface area (Å²) in [6.45, 7) is 0. The van der Waals surface area contributed by atoms with Crippen LogP contribution in [0, 0.1) is 0 Å². The number of carboxylic acid groups (broad SMARTS) is 1. The van der Waals surface area contributed by atoms with Crippen molar-refractivity contribution in [2.24, 2.45) is 5.84 Å². The third-order valence-corrected chi connectivity index (χ3v) is 1.45. The number of anilines is 2. The van der Waals surface area contributed by atoms with Gasteiger partial charge in [-0.1, -0.05) is 0 Å². The topological polar surface area (TPSA) is 101 Å². The maximum atomic E-state index is 10.5. The minimum Gasteiger partial charge on any atom is -0.478 e. The summed E-state index contributed by atoms with van der Waals surface area (Å²) in [6.07, 6.45) is 0. The van der Waals surface area contributed by atoms with Gasteiger partial charge in [-0.3, -0.25) is 5.84 Å². The molecule has 0 heterocycles. The molecule has 0 aliphatic carbocycles. The van der Waals surface area contributed by atoms with Gasteiger partial charge >= 0.3 is 5.97 Å². The summed E-state index contributed by atoms with van der Waals surface area (Å²) in [4.78, 5) is 10.5. The summed E-state index contributed by atoms with van der Waals surface area (Å²) < 4.78 is 0. The lowest BCUT2D eigenvalue weighted by Gasteiger charge is -2.03. The number of aromatic carboxylic acids is 1. The standard InChI is InChI=1S/C7H9N3O2/c8-6-2-1-4(10-9)3-5(6)7(11)12/h1-3,10H,8-9H2,(H,11,12). The highest BCUT2D eigenvalue weighted by molar-refractivity contribution is 5.94. The van der Waals surface area contributed by atoms with E-state index in [0.717, 1.165) is 0 Å². The quantitative estimate of drug-likeness (QED) is 0.287. The van der Waals surface area contributed by atoms with Gasteiger partial charge in [-0.2, -0.15) is 0 Å². The molecule has 0 atom stereocenters. The van der Waals surface area contributed by atoms with Crippen LogP contribution < -0.4 is 17.0 Å². The Morgan fingerprint density at radius 1 is 1.50 bits per heavy atom. The summed E-state index contributed by atoms with van der Waals surface area (Å²) in [5.74, 6) is 4.02. The van der Waals surface area contributed by atoms with Crippen molar-refractivity contribution in [2.75, 3.05) is 11.2 Å². The average molecular weight is 167 g/mol. The zero-order valence-corrected chi connectivity index (χ0v) is 6.24. The first-order valence-corrected chi connectivity index (χ1v) is 3.24. The highest BCUT2D eigenvalue weighted by Crippen LogP contribution is 2.16. The fraction of sp³-hybridized carbons (Fsp3) is 0. The number of rotatable bonds is 2. The van der Waals surface area contributed by atoms with Crippen LogP contribution in [0.4, 0.5) is 11.4 Å². The second-order valence-corrected chi connectivity index (χ2v) is 2.25. The van der Waals surface area contributed by atoms with Gasteiger partial charge in [-0.25, -0.2) is 4.79 Å². The van der Waals surface area contributed by atoms with E-state index in [1.807, 2.05) is 0 Å². The number of benzene rings is 1. The van der Waals surface area contributed by atoms with Crippen LogP contribution in [0.5, 0.6) is 0 Å². The molecule has 0 bridgehead atoms. The number of carboxylic acids is 1. The van der Waals surface area contributed by atoms with Crippen LogP contribution >= 0.6 is 0 Å². The van der Waals surface area contributed by atoms with Gasteiger partial charge in [0.15, 0.2) is 0 Å². The van der Waals surface area contributed by atoms with Crippen molar-refractivity contribution in [2.45, 2.75) is 0 Å². The molecular formula is C7H9N3O2. The second-order valence-electron chi connectivity index (χ2n) is 2.25. The Hall–Kier alpha value is -1.75. The molecule has 5 heteroatoms. The number of carbonyl (C=O) groups is 1. The maximum absolute atomic E-state index is 10.5. The predicted molar refractivity (Wildman–Crippen MR) is 45.6 cm³/mol. The molecule has 0 radical (unpaired) electrons. The van der Waals surface area contributed by atoms with Crippen molar-refractivity contribution < 1.29 is 9.90 Å². The lowest BCUT2D eigenvalue weighted by atomic mass is 10.1. The van der Waals surface area contributed by atoms with Crippen LogP contribution in [0.1, 0.15) is 10.4 Å². The Labute approximate surface area is 69.0 Å². The van der Waals surface area contributed by atoms with E-state index in [-0.39, 0.29) is 11.3 Å². The Balaban J connectivity index is 3.17. The molecule has 5 nitrogen and oxygen atoms in total. The number of nitrogens with one attached hydrogen (secondary N) is 1. The molecule has 0 aliphatic heterocycles. The number of hydrogen-bond donors (Lipinski definition) is 4. The maximum Gasteiger partial charge on any atom is 0.337 e. The molecule has 1 rings (SSSR count). The molecule has 1 aromatic carbocycles. The lowest BCUT2D eigenvalue weighted by Crippen LogP contribution is -2.09. The number of nitrogens with two attached hydrogens (primary N) is 2. The summed E-state index contributed by atoms with van der Waals surface area (Å²) in [7, 11) is 0. The van der Waals surface area contributed by atoms with Crippen molar-refractivity contribution in [1.82, 2.24) is 0 Å². The van der Waals surface area contributed by atoms with E-state index in [1.165, 1.54) is 12.1 Å². The van der Waals surface area contributed by atoms with Crippen molar-refractivity contribution in [1.29, 1.82) is 0 Å². The minimum atomic E-state index is -1.07. The van der Waals surface area contributed by atoms with Crippen molar-refractivity contribution in [3.63, 3.8) is 0 Å². The van der Waals surface area contributed by atoms with E-state index in [0.29, 0.717) is 5.69 Å². The molecule has 6 N–H and O–H groups in total. The number of hydrazine groups is 1. The second kappa shape index (κ2) is 3.10. The zero-order valence-electron chi connectivity index (χ0n) is 6.24. The minimum absolute atomic E-state index is 0.0467. The first-order chi connectivity index (χ1) is 5.65. The molecule has 12 heavy (non-hydrogen) atoms. The van der Waals surface area contributed by atoms with Gasteiger partial charge in [0, 0.05) is 11.4 Å². The van der Waals surface area contributed by atoms with Gasteiger partial charge < -0.3 is 16.3 Å². The third-order valence-electron chi connectivity index (χ3n) is 1.45. The average Bonchev–Trinajstić information content (AvgIpc) is 2.05. The lowest BCUT2D eigenvalue weighted by molar-refractivity contribution is 0.0698. The van der Waals surface area contributed by atoms with Crippen LogP contribution in [-0.4, -0.2) is 11.1 Å².